The van der Waals surface area contributed by atoms with Gasteiger partial charge in [0.05, 0.1) is 13.7 Å². The Balaban J connectivity index is 2.37. The van der Waals surface area contributed by atoms with Crippen molar-refractivity contribution in [3.05, 3.63) is 23.8 Å². The minimum Gasteiger partial charge on any atom is -0.493 e. The first-order valence-electron chi connectivity index (χ1n) is 9.40. The van der Waals surface area contributed by atoms with E-state index in [1.165, 1.54) is 38.5 Å². The molecule has 24 heavy (non-hydrogen) atoms. The second kappa shape index (κ2) is 14.1. The number of benzene rings is 1. The van der Waals surface area contributed by atoms with Gasteiger partial charge in [-0.05, 0) is 26.0 Å². The Hall–Kier alpha value is -1.26. The molecule has 0 saturated heterocycles. The molecule has 0 aromatic heterocycles. The van der Waals surface area contributed by atoms with Gasteiger partial charge in [-0.1, -0.05) is 51.2 Å². The van der Waals surface area contributed by atoms with Crippen LogP contribution in [0.25, 0.3) is 0 Å². The summed E-state index contributed by atoms with van der Waals surface area (Å²) in [6, 6.07) is 6.04. The monoisotopic (exact) mass is 337 g/mol. The van der Waals surface area contributed by atoms with Crippen LogP contribution in [0.3, 0.4) is 0 Å². The maximum Gasteiger partial charge on any atom is 0.165 e. The van der Waals surface area contributed by atoms with Crippen LogP contribution in [0.5, 0.6) is 11.5 Å². The lowest BCUT2D eigenvalue weighted by molar-refractivity contribution is 0.108. The normalized spacial score (nSPS) is 10.8. The average Bonchev–Trinajstić information content (AvgIpc) is 2.61. The van der Waals surface area contributed by atoms with Crippen LogP contribution in [0, 0.1) is 0 Å². The second-order valence-corrected chi connectivity index (χ2v) is 5.94. The highest BCUT2D eigenvalue weighted by Gasteiger charge is 2.10. The van der Waals surface area contributed by atoms with Crippen molar-refractivity contribution in [1.29, 1.82) is 0 Å². The molecule has 0 heterocycles. The fourth-order valence-electron chi connectivity index (χ4n) is 2.63. The summed E-state index contributed by atoms with van der Waals surface area (Å²) in [4.78, 5) is 0. The van der Waals surface area contributed by atoms with Crippen molar-refractivity contribution in [2.45, 2.75) is 58.9 Å². The number of para-hydroxylation sites is 1. The summed E-state index contributed by atoms with van der Waals surface area (Å²) in [5.74, 6) is 1.61. The molecule has 1 rings (SSSR count). The molecule has 0 amide bonds. The molecule has 0 aliphatic rings. The van der Waals surface area contributed by atoms with E-state index in [1.807, 2.05) is 19.1 Å². The number of hydrogen-bond acceptors (Lipinski definition) is 4. The maximum atomic E-state index is 5.89. The Morgan fingerprint density at radius 3 is 2.50 bits per heavy atom. The summed E-state index contributed by atoms with van der Waals surface area (Å²) in [5, 5.41) is 3.52. The van der Waals surface area contributed by atoms with Gasteiger partial charge < -0.3 is 19.5 Å². The Bertz CT molecular complexity index is 423. The summed E-state index contributed by atoms with van der Waals surface area (Å²) < 4.78 is 16.7. The molecule has 1 N–H and O–H groups in total. The molecular formula is C20H35NO3. The van der Waals surface area contributed by atoms with Crippen molar-refractivity contribution >= 4 is 0 Å². The number of nitrogens with one attached hydrogen (secondary N) is 1. The van der Waals surface area contributed by atoms with Crippen LogP contribution in [-0.2, 0) is 11.3 Å². The quantitative estimate of drug-likeness (QED) is 0.476. The van der Waals surface area contributed by atoms with E-state index in [2.05, 4.69) is 18.3 Å². The average molecular weight is 338 g/mol. The highest BCUT2D eigenvalue weighted by molar-refractivity contribution is 5.46. The van der Waals surface area contributed by atoms with Gasteiger partial charge in [-0.3, -0.25) is 0 Å². The van der Waals surface area contributed by atoms with Crippen LogP contribution in [0.15, 0.2) is 18.2 Å². The van der Waals surface area contributed by atoms with Gasteiger partial charge in [-0.2, -0.15) is 0 Å². The van der Waals surface area contributed by atoms with Crippen LogP contribution in [-0.4, -0.2) is 33.5 Å². The van der Waals surface area contributed by atoms with Gasteiger partial charge in [0.1, 0.15) is 6.61 Å². The molecule has 0 aliphatic heterocycles. The van der Waals surface area contributed by atoms with Crippen molar-refractivity contribution in [2.24, 2.45) is 0 Å². The molecule has 0 saturated carbocycles. The van der Waals surface area contributed by atoms with E-state index < -0.39 is 0 Å². The molecule has 0 unspecified atom stereocenters. The highest BCUT2D eigenvalue weighted by Crippen LogP contribution is 2.31. The third kappa shape index (κ3) is 8.55. The van der Waals surface area contributed by atoms with Gasteiger partial charge in [-0.25, -0.2) is 0 Å². The van der Waals surface area contributed by atoms with Gasteiger partial charge in [-0.15, -0.1) is 0 Å². The summed E-state index contributed by atoms with van der Waals surface area (Å²) in [6.45, 7) is 7.93. The summed E-state index contributed by atoms with van der Waals surface area (Å²) in [5.41, 5.74) is 1.14. The van der Waals surface area contributed by atoms with Crippen molar-refractivity contribution in [2.75, 3.05) is 33.5 Å². The third-order valence-electron chi connectivity index (χ3n) is 3.98. The highest BCUT2D eigenvalue weighted by atomic mass is 16.5. The number of unbranched alkanes of at least 4 members (excludes halogenated alkanes) is 5. The zero-order valence-corrected chi connectivity index (χ0v) is 15.7. The zero-order chi connectivity index (χ0) is 17.5. The maximum absolute atomic E-state index is 5.89. The van der Waals surface area contributed by atoms with Crippen LogP contribution in [0.1, 0.15) is 57.9 Å². The van der Waals surface area contributed by atoms with Crippen LogP contribution in [0.4, 0.5) is 0 Å². The van der Waals surface area contributed by atoms with Crippen molar-refractivity contribution in [3.63, 3.8) is 0 Å². The fourth-order valence-corrected chi connectivity index (χ4v) is 2.63. The van der Waals surface area contributed by atoms with Crippen molar-refractivity contribution in [3.8, 4) is 11.5 Å². The Morgan fingerprint density at radius 1 is 0.958 bits per heavy atom. The van der Waals surface area contributed by atoms with Crippen LogP contribution >= 0.6 is 0 Å². The van der Waals surface area contributed by atoms with Crippen molar-refractivity contribution in [1.82, 2.24) is 5.32 Å². The number of ether oxygens (including phenoxy) is 3. The largest absolute Gasteiger partial charge is 0.493 e. The second-order valence-electron chi connectivity index (χ2n) is 5.94. The third-order valence-corrected chi connectivity index (χ3v) is 3.98. The number of methoxy groups -OCH3 is 1. The van der Waals surface area contributed by atoms with Gasteiger partial charge in [0.15, 0.2) is 11.5 Å². The first-order valence-corrected chi connectivity index (χ1v) is 9.40. The summed E-state index contributed by atoms with van der Waals surface area (Å²) >= 11 is 0. The van der Waals surface area contributed by atoms with Crippen LogP contribution in [0.2, 0.25) is 0 Å². The fraction of sp³-hybridized carbons (Fsp3) is 0.700. The topological polar surface area (TPSA) is 39.7 Å². The van der Waals surface area contributed by atoms with Gasteiger partial charge in [0.25, 0.3) is 0 Å². The predicted molar refractivity (Wildman–Crippen MR) is 100 cm³/mol. The van der Waals surface area contributed by atoms with E-state index >= 15 is 0 Å². The lowest BCUT2D eigenvalue weighted by Gasteiger charge is -2.15. The first kappa shape index (κ1) is 20.8. The van der Waals surface area contributed by atoms with Crippen LogP contribution < -0.4 is 14.8 Å². The van der Waals surface area contributed by atoms with Gasteiger partial charge in [0.2, 0.25) is 0 Å². The van der Waals surface area contributed by atoms with E-state index in [0.29, 0.717) is 19.8 Å². The SMILES string of the molecule is CCCCCCCCNCc1cccc(OC)c1OCCOCC. The molecule has 0 bridgehead atoms. The van der Waals surface area contributed by atoms with Gasteiger partial charge >= 0.3 is 0 Å². The molecule has 1 aromatic carbocycles. The first-order chi connectivity index (χ1) is 11.8. The van der Waals surface area contributed by atoms with E-state index in [-0.39, 0.29) is 0 Å². The van der Waals surface area contributed by atoms with E-state index in [9.17, 15) is 0 Å². The molecule has 1 aromatic rings. The molecule has 0 fully saturated rings. The standard InChI is InChI=1S/C20H35NO3/c1-4-6-7-8-9-10-14-21-17-18-12-11-13-19(22-3)20(18)24-16-15-23-5-2/h11-13,21H,4-10,14-17H2,1-3H3. The molecule has 0 atom stereocenters. The summed E-state index contributed by atoms with van der Waals surface area (Å²) in [7, 11) is 1.68. The van der Waals surface area contributed by atoms with E-state index in [0.717, 1.165) is 30.2 Å². The molecule has 0 aliphatic carbocycles. The molecule has 0 radical (unpaired) electrons. The lowest BCUT2D eigenvalue weighted by Crippen LogP contribution is -2.16. The lowest BCUT2D eigenvalue weighted by atomic mass is 10.1. The zero-order valence-electron chi connectivity index (χ0n) is 15.7. The predicted octanol–water partition coefficient (Wildman–Crippen LogP) is 4.56. The van der Waals surface area contributed by atoms with E-state index in [1.54, 1.807) is 7.11 Å². The van der Waals surface area contributed by atoms with Gasteiger partial charge in [0, 0.05) is 18.7 Å². The Labute approximate surface area is 147 Å². The molecule has 0 spiro atoms. The smallest absolute Gasteiger partial charge is 0.165 e. The van der Waals surface area contributed by atoms with Crippen molar-refractivity contribution < 1.29 is 14.2 Å². The molecule has 4 heteroatoms. The molecular weight excluding hydrogens is 302 g/mol. The molecule has 138 valence electrons. The number of hydrogen-bond donors (Lipinski definition) is 1. The molecule has 4 nitrogen and oxygen atoms in total. The Kier molecular flexibility index (Phi) is 12.2. The summed E-state index contributed by atoms with van der Waals surface area (Å²) in [6.07, 6.45) is 7.92. The Morgan fingerprint density at radius 2 is 1.75 bits per heavy atom. The number of rotatable bonds is 15. The minimum absolute atomic E-state index is 0.540. The minimum atomic E-state index is 0.540. The van der Waals surface area contributed by atoms with E-state index in [4.69, 9.17) is 14.2 Å².